The maximum absolute atomic E-state index is 13.5. The molecule has 0 unspecified atom stereocenters. The molecule has 1 rings (SSSR count). The van der Waals surface area contributed by atoms with Gasteiger partial charge in [0.05, 0.1) is 11.1 Å². The van der Waals surface area contributed by atoms with Crippen LogP contribution >= 0.6 is 0 Å². The minimum absolute atomic E-state index is 0.170. The van der Waals surface area contributed by atoms with E-state index in [0.29, 0.717) is 18.9 Å². The second-order valence-corrected chi connectivity index (χ2v) is 4.27. The van der Waals surface area contributed by atoms with Gasteiger partial charge in [-0.05, 0) is 25.0 Å². The molecule has 0 heterocycles. The molecule has 0 bridgehead atoms. The fraction of sp³-hybridized carbons (Fsp3) is 0.462. The first-order valence-electron chi connectivity index (χ1n) is 5.95. The molecule has 0 aliphatic heterocycles. The molecule has 1 aromatic rings. The van der Waals surface area contributed by atoms with E-state index in [1.807, 2.05) is 13.8 Å². The lowest BCUT2D eigenvalue weighted by Gasteiger charge is -2.31. The van der Waals surface area contributed by atoms with Crippen molar-refractivity contribution in [3.05, 3.63) is 35.4 Å². The molecule has 1 amide bonds. The standard InChI is InChI=1S/C13H18F2N2O/c1-3-13(4-2,8-16)17-12(18)10-6-5-9(14)7-11(10)15/h5-7H,3-4,8,16H2,1-2H3,(H,17,18). The van der Waals surface area contributed by atoms with Gasteiger partial charge >= 0.3 is 0 Å². The van der Waals surface area contributed by atoms with E-state index in [4.69, 9.17) is 5.73 Å². The fourth-order valence-corrected chi connectivity index (χ4v) is 1.75. The predicted molar refractivity (Wildman–Crippen MR) is 66.2 cm³/mol. The van der Waals surface area contributed by atoms with Gasteiger partial charge in [-0.3, -0.25) is 4.79 Å². The zero-order valence-electron chi connectivity index (χ0n) is 10.6. The van der Waals surface area contributed by atoms with Gasteiger partial charge in [0.15, 0.2) is 0 Å². The molecule has 0 spiro atoms. The highest BCUT2D eigenvalue weighted by Gasteiger charge is 2.27. The number of halogens is 2. The Morgan fingerprint density at radius 2 is 1.94 bits per heavy atom. The minimum Gasteiger partial charge on any atom is -0.345 e. The molecule has 5 heteroatoms. The average molecular weight is 256 g/mol. The lowest BCUT2D eigenvalue weighted by atomic mass is 9.92. The van der Waals surface area contributed by atoms with Crippen LogP contribution in [0.1, 0.15) is 37.0 Å². The fourth-order valence-electron chi connectivity index (χ4n) is 1.75. The van der Waals surface area contributed by atoms with Crippen LogP contribution in [-0.4, -0.2) is 18.0 Å². The Morgan fingerprint density at radius 1 is 1.33 bits per heavy atom. The van der Waals surface area contributed by atoms with E-state index < -0.39 is 23.1 Å². The summed E-state index contributed by atoms with van der Waals surface area (Å²) in [7, 11) is 0. The third-order valence-electron chi connectivity index (χ3n) is 3.30. The van der Waals surface area contributed by atoms with Gasteiger partial charge in [0.25, 0.3) is 5.91 Å². The zero-order chi connectivity index (χ0) is 13.8. The first kappa shape index (κ1) is 14.6. The third-order valence-corrected chi connectivity index (χ3v) is 3.30. The monoisotopic (exact) mass is 256 g/mol. The molecule has 0 saturated heterocycles. The van der Waals surface area contributed by atoms with E-state index in [-0.39, 0.29) is 12.1 Å². The van der Waals surface area contributed by atoms with Gasteiger partial charge in [0.2, 0.25) is 0 Å². The highest BCUT2D eigenvalue weighted by molar-refractivity contribution is 5.95. The topological polar surface area (TPSA) is 55.1 Å². The van der Waals surface area contributed by atoms with Gasteiger partial charge in [0.1, 0.15) is 11.6 Å². The van der Waals surface area contributed by atoms with Gasteiger partial charge in [-0.2, -0.15) is 0 Å². The van der Waals surface area contributed by atoms with E-state index in [1.54, 1.807) is 0 Å². The molecule has 0 fully saturated rings. The van der Waals surface area contributed by atoms with Crippen molar-refractivity contribution in [3.8, 4) is 0 Å². The molecule has 0 aliphatic carbocycles. The minimum atomic E-state index is -0.870. The Labute approximate surface area is 105 Å². The Hall–Kier alpha value is -1.49. The number of nitrogens with one attached hydrogen (secondary N) is 1. The summed E-state index contributed by atoms with van der Waals surface area (Å²) in [5, 5.41) is 2.73. The molecule has 3 nitrogen and oxygen atoms in total. The van der Waals surface area contributed by atoms with E-state index >= 15 is 0 Å². The maximum Gasteiger partial charge on any atom is 0.254 e. The third kappa shape index (κ3) is 3.04. The predicted octanol–water partition coefficient (Wildman–Crippen LogP) is 2.21. The zero-order valence-corrected chi connectivity index (χ0v) is 10.6. The van der Waals surface area contributed by atoms with Gasteiger partial charge in [-0.1, -0.05) is 13.8 Å². The van der Waals surface area contributed by atoms with Crippen molar-refractivity contribution in [3.63, 3.8) is 0 Å². The number of nitrogens with two attached hydrogens (primary N) is 1. The Balaban J connectivity index is 2.94. The van der Waals surface area contributed by atoms with Crippen molar-refractivity contribution >= 4 is 5.91 Å². The van der Waals surface area contributed by atoms with Gasteiger partial charge in [-0.15, -0.1) is 0 Å². The van der Waals surface area contributed by atoms with Crippen LogP contribution in [0.5, 0.6) is 0 Å². The molecule has 1 aromatic carbocycles. The smallest absolute Gasteiger partial charge is 0.254 e. The van der Waals surface area contributed by atoms with E-state index in [0.717, 1.165) is 12.1 Å². The van der Waals surface area contributed by atoms with Crippen LogP contribution in [0.3, 0.4) is 0 Å². The van der Waals surface area contributed by atoms with Crippen LogP contribution in [0, 0.1) is 11.6 Å². The average Bonchev–Trinajstić information content (AvgIpc) is 2.36. The van der Waals surface area contributed by atoms with Crippen LogP contribution in [-0.2, 0) is 0 Å². The summed E-state index contributed by atoms with van der Waals surface area (Å²) in [6.45, 7) is 4.07. The summed E-state index contributed by atoms with van der Waals surface area (Å²) in [6.07, 6.45) is 1.29. The number of amides is 1. The summed E-state index contributed by atoms with van der Waals surface area (Å²) in [6, 6.07) is 2.88. The molecule has 0 radical (unpaired) electrons. The SMILES string of the molecule is CCC(CC)(CN)NC(=O)c1ccc(F)cc1F. The number of hydrogen-bond acceptors (Lipinski definition) is 2. The molecular formula is C13H18F2N2O. The lowest BCUT2D eigenvalue weighted by Crippen LogP contribution is -2.53. The van der Waals surface area contributed by atoms with Crippen LogP contribution in [0.25, 0.3) is 0 Å². The van der Waals surface area contributed by atoms with Crippen LogP contribution in [0.15, 0.2) is 18.2 Å². The molecule has 3 N–H and O–H groups in total. The highest BCUT2D eigenvalue weighted by Crippen LogP contribution is 2.16. The molecule has 100 valence electrons. The number of hydrogen-bond donors (Lipinski definition) is 2. The van der Waals surface area contributed by atoms with E-state index in [2.05, 4.69) is 5.32 Å². The maximum atomic E-state index is 13.5. The largest absolute Gasteiger partial charge is 0.345 e. The van der Waals surface area contributed by atoms with Gasteiger partial charge < -0.3 is 11.1 Å². The Bertz CT molecular complexity index is 423. The van der Waals surface area contributed by atoms with Crippen LogP contribution < -0.4 is 11.1 Å². The van der Waals surface area contributed by atoms with Gasteiger partial charge in [0, 0.05) is 12.6 Å². The first-order chi connectivity index (χ1) is 8.48. The molecule has 0 atom stereocenters. The van der Waals surface area contributed by atoms with Crippen LogP contribution in [0.4, 0.5) is 8.78 Å². The Kier molecular flexibility index (Phi) is 4.78. The second-order valence-electron chi connectivity index (χ2n) is 4.27. The number of rotatable bonds is 5. The summed E-state index contributed by atoms with van der Waals surface area (Å²) >= 11 is 0. The molecule has 18 heavy (non-hydrogen) atoms. The molecule has 0 aliphatic rings. The van der Waals surface area contributed by atoms with Gasteiger partial charge in [-0.25, -0.2) is 8.78 Å². The lowest BCUT2D eigenvalue weighted by molar-refractivity contribution is 0.0891. The quantitative estimate of drug-likeness (QED) is 0.848. The molecule has 0 saturated carbocycles. The Morgan fingerprint density at radius 3 is 2.39 bits per heavy atom. The van der Waals surface area contributed by atoms with Crippen molar-refractivity contribution in [2.24, 2.45) is 5.73 Å². The summed E-state index contributed by atoms with van der Waals surface area (Å²) in [5.74, 6) is -2.15. The van der Waals surface area contributed by atoms with Crippen molar-refractivity contribution in [1.29, 1.82) is 0 Å². The second kappa shape index (κ2) is 5.91. The van der Waals surface area contributed by atoms with Crippen molar-refractivity contribution in [2.45, 2.75) is 32.2 Å². The molecular weight excluding hydrogens is 238 g/mol. The van der Waals surface area contributed by atoms with E-state index in [9.17, 15) is 13.6 Å². The van der Waals surface area contributed by atoms with Crippen LogP contribution in [0.2, 0.25) is 0 Å². The first-order valence-corrected chi connectivity index (χ1v) is 5.95. The summed E-state index contributed by atoms with van der Waals surface area (Å²) in [5.41, 5.74) is 4.93. The normalized spacial score (nSPS) is 11.4. The van der Waals surface area contributed by atoms with Crippen molar-refractivity contribution in [2.75, 3.05) is 6.54 Å². The number of benzene rings is 1. The van der Waals surface area contributed by atoms with Crippen molar-refractivity contribution in [1.82, 2.24) is 5.32 Å². The summed E-state index contributed by atoms with van der Waals surface area (Å²) in [4.78, 5) is 11.9. The number of carbonyl (C=O) groups excluding carboxylic acids is 1. The van der Waals surface area contributed by atoms with Crippen molar-refractivity contribution < 1.29 is 13.6 Å². The highest BCUT2D eigenvalue weighted by atomic mass is 19.1. The van der Waals surface area contributed by atoms with E-state index in [1.165, 1.54) is 0 Å². The summed E-state index contributed by atoms with van der Waals surface area (Å²) < 4.78 is 26.2. The molecule has 0 aromatic heterocycles. The number of carbonyl (C=O) groups is 1.